The number of morpholine rings is 1. The molecule has 2 aliphatic heterocycles. The highest BCUT2D eigenvalue weighted by atomic mass is 32.2. The molecule has 0 aliphatic carbocycles. The van der Waals surface area contributed by atoms with Crippen molar-refractivity contribution in [2.45, 2.75) is 37.4 Å². The van der Waals surface area contributed by atoms with Crippen molar-refractivity contribution in [2.24, 2.45) is 0 Å². The standard InChI is InChI=1S/C26H28N4O4S/c1-18-16-29(17-19(2)34-18)25-11-10-22(15-27-25)28-26(31)21-7-5-8-23(14-21)35(32,33)30-13-12-20-6-3-4-9-24(20)30/h3-11,14-15,18-19H,12-13,16-17H2,1-2H3,(H,28,31). The predicted molar refractivity (Wildman–Crippen MR) is 136 cm³/mol. The molecule has 2 aliphatic rings. The van der Waals surface area contributed by atoms with Crippen LogP contribution in [0.1, 0.15) is 29.8 Å². The second kappa shape index (κ2) is 9.31. The summed E-state index contributed by atoms with van der Waals surface area (Å²) in [6, 6.07) is 17.3. The molecule has 1 amide bonds. The van der Waals surface area contributed by atoms with Crippen LogP contribution < -0.4 is 14.5 Å². The zero-order chi connectivity index (χ0) is 24.6. The number of ether oxygens (including phenoxy) is 1. The predicted octanol–water partition coefficient (Wildman–Crippen LogP) is 3.70. The second-order valence-electron chi connectivity index (χ2n) is 9.01. The molecular weight excluding hydrogens is 464 g/mol. The highest BCUT2D eigenvalue weighted by Gasteiger charge is 2.31. The van der Waals surface area contributed by atoms with Gasteiger partial charge in [0, 0.05) is 25.2 Å². The van der Waals surface area contributed by atoms with Crippen molar-refractivity contribution in [3.63, 3.8) is 0 Å². The van der Waals surface area contributed by atoms with Gasteiger partial charge < -0.3 is 15.0 Å². The lowest BCUT2D eigenvalue weighted by Gasteiger charge is -2.36. The second-order valence-corrected chi connectivity index (χ2v) is 10.9. The van der Waals surface area contributed by atoms with E-state index in [1.54, 1.807) is 24.4 Å². The molecule has 3 aromatic rings. The first kappa shape index (κ1) is 23.3. The van der Waals surface area contributed by atoms with Crippen molar-refractivity contribution in [2.75, 3.05) is 34.2 Å². The van der Waals surface area contributed by atoms with E-state index < -0.39 is 15.9 Å². The van der Waals surface area contributed by atoms with Crippen molar-refractivity contribution < 1.29 is 17.9 Å². The summed E-state index contributed by atoms with van der Waals surface area (Å²) in [7, 11) is -3.78. The molecular formula is C26H28N4O4S. The summed E-state index contributed by atoms with van der Waals surface area (Å²) in [4.78, 5) is 19.7. The summed E-state index contributed by atoms with van der Waals surface area (Å²) in [6.07, 6.45) is 2.52. The maximum atomic E-state index is 13.3. The molecule has 2 atom stereocenters. The first-order chi connectivity index (χ1) is 16.8. The summed E-state index contributed by atoms with van der Waals surface area (Å²) < 4.78 is 33.9. The molecule has 35 heavy (non-hydrogen) atoms. The van der Waals surface area contributed by atoms with Crippen LogP contribution in [0.5, 0.6) is 0 Å². The summed E-state index contributed by atoms with van der Waals surface area (Å²) in [5, 5.41) is 2.82. The number of hydrogen-bond donors (Lipinski definition) is 1. The third-order valence-electron chi connectivity index (χ3n) is 6.28. The summed E-state index contributed by atoms with van der Waals surface area (Å²) >= 11 is 0. The first-order valence-corrected chi connectivity index (χ1v) is 13.1. The number of sulfonamides is 1. The van der Waals surface area contributed by atoms with Gasteiger partial charge in [-0.15, -0.1) is 0 Å². The smallest absolute Gasteiger partial charge is 0.264 e. The molecule has 0 radical (unpaired) electrons. The number of carbonyl (C=O) groups is 1. The van der Waals surface area contributed by atoms with Gasteiger partial charge in [-0.3, -0.25) is 9.10 Å². The number of amides is 1. The molecule has 5 rings (SSSR count). The molecule has 2 unspecified atom stereocenters. The fraction of sp³-hybridized carbons (Fsp3) is 0.308. The fourth-order valence-corrected chi connectivity index (χ4v) is 6.25. The third-order valence-corrected chi connectivity index (χ3v) is 8.09. The molecule has 182 valence electrons. The molecule has 8 nitrogen and oxygen atoms in total. The molecule has 0 bridgehead atoms. The Bertz CT molecular complexity index is 1330. The summed E-state index contributed by atoms with van der Waals surface area (Å²) in [5.74, 6) is 0.427. The van der Waals surface area contributed by atoms with E-state index in [0.29, 0.717) is 24.3 Å². The van der Waals surface area contributed by atoms with Crippen LogP contribution in [-0.4, -0.2) is 51.2 Å². The van der Waals surface area contributed by atoms with Crippen LogP contribution in [0.25, 0.3) is 0 Å². The molecule has 2 aromatic carbocycles. The van der Waals surface area contributed by atoms with E-state index >= 15 is 0 Å². The van der Waals surface area contributed by atoms with Gasteiger partial charge in [0.1, 0.15) is 5.82 Å². The number of aromatic nitrogens is 1. The SMILES string of the molecule is CC1CN(c2ccc(NC(=O)c3cccc(S(=O)(=O)N4CCc5ccccc54)c3)cn2)CC(C)O1. The van der Waals surface area contributed by atoms with Crippen LogP contribution >= 0.6 is 0 Å². The van der Waals surface area contributed by atoms with Gasteiger partial charge in [-0.2, -0.15) is 0 Å². The Morgan fingerprint density at radius 2 is 1.80 bits per heavy atom. The Hall–Kier alpha value is -3.43. The average Bonchev–Trinajstić information content (AvgIpc) is 3.29. The quantitative estimate of drug-likeness (QED) is 0.584. The Morgan fingerprint density at radius 1 is 1.03 bits per heavy atom. The minimum atomic E-state index is -3.78. The van der Waals surface area contributed by atoms with E-state index in [-0.39, 0.29) is 22.7 Å². The van der Waals surface area contributed by atoms with Crippen LogP contribution in [0.2, 0.25) is 0 Å². The average molecular weight is 493 g/mol. The molecule has 1 saturated heterocycles. The number of para-hydroxylation sites is 1. The van der Waals surface area contributed by atoms with Crippen LogP contribution in [0, 0.1) is 0 Å². The van der Waals surface area contributed by atoms with Crippen molar-refractivity contribution in [1.82, 2.24) is 4.98 Å². The van der Waals surface area contributed by atoms with Crippen molar-refractivity contribution in [1.29, 1.82) is 0 Å². The molecule has 1 aromatic heterocycles. The highest BCUT2D eigenvalue weighted by molar-refractivity contribution is 7.92. The van der Waals surface area contributed by atoms with E-state index in [0.717, 1.165) is 24.5 Å². The molecule has 0 spiro atoms. The van der Waals surface area contributed by atoms with Crippen molar-refractivity contribution in [3.8, 4) is 0 Å². The highest BCUT2D eigenvalue weighted by Crippen LogP contribution is 2.33. The van der Waals surface area contributed by atoms with Gasteiger partial charge in [0.25, 0.3) is 15.9 Å². The van der Waals surface area contributed by atoms with Gasteiger partial charge in [-0.05, 0) is 62.2 Å². The van der Waals surface area contributed by atoms with Crippen LogP contribution in [0.3, 0.4) is 0 Å². The number of anilines is 3. The van der Waals surface area contributed by atoms with Crippen molar-refractivity contribution >= 4 is 33.1 Å². The fourth-order valence-electron chi connectivity index (χ4n) is 4.70. The Labute approximate surface area is 205 Å². The maximum absolute atomic E-state index is 13.3. The topological polar surface area (TPSA) is 91.8 Å². The van der Waals surface area contributed by atoms with E-state index in [4.69, 9.17) is 4.74 Å². The monoisotopic (exact) mass is 492 g/mol. The number of benzene rings is 2. The zero-order valence-corrected chi connectivity index (χ0v) is 20.5. The van der Waals surface area contributed by atoms with E-state index in [1.165, 1.54) is 16.4 Å². The normalized spacial score (nSPS) is 19.9. The van der Waals surface area contributed by atoms with Gasteiger partial charge in [-0.25, -0.2) is 13.4 Å². The van der Waals surface area contributed by atoms with Gasteiger partial charge >= 0.3 is 0 Å². The first-order valence-electron chi connectivity index (χ1n) is 11.7. The van der Waals surface area contributed by atoms with Gasteiger partial charge in [-0.1, -0.05) is 24.3 Å². The minimum absolute atomic E-state index is 0.0888. The van der Waals surface area contributed by atoms with Crippen molar-refractivity contribution in [3.05, 3.63) is 78.0 Å². The molecule has 1 fully saturated rings. The van der Waals surface area contributed by atoms with Gasteiger partial charge in [0.2, 0.25) is 0 Å². The largest absolute Gasteiger partial charge is 0.372 e. The minimum Gasteiger partial charge on any atom is -0.372 e. The lowest BCUT2D eigenvalue weighted by atomic mass is 10.2. The van der Waals surface area contributed by atoms with Gasteiger partial charge in [0.15, 0.2) is 0 Å². The zero-order valence-electron chi connectivity index (χ0n) is 19.7. The number of nitrogens with zero attached hydrogens (tertiary/aromatic N) is 3. The van der Waals surface area contributed by atoms with E-state index in [9.17, 15) is 13.2 Å². The Kier molecular flexibility index (Phi) is 6.21. The number of rotatable bonds is 5. The molecule has 0 saturated carbocycles. The van der Waals surface area contributed by atoms with Crippen LogP contribution in [0.15, 0.2) is 71.8 Å². The number of carbonyl (C=O) groups excluding carboxylic acids is 1. The number of nitrogens with one attached hydrogen (secondary N) is 1. The number of pyridine rings is 1. The maximum Gasteiger partial charge on any atom is 0.264 e. The number of hydrogen-bond acceptors (Lipinski definition) is 6. The van der Waals surface area contributed by atoms with Crippen LogP contribution in [0.4, 0.5) is 17.2 Å². The molecule has 1 N–H and O–H groups in total. The van der Waals surface area contributed by atoms with E-state index in [1.807, 2.05) is 44.2 Å². The lowest BCUT2D eigenvalue weighted by Crippen LogP contribution is -2.45. The third kappa shape index (κ3) is 4.74. The Balaban J connectivity index is 1.31. The van der Waals surface area contributed by atoms with Gasteiger partial charge in [0.05, 0.1) is 34.7 Å². The number of fused-ring (bicyclic) bond motifs is 1. The lowest BCUT2D eigenvalue weighted by molar-refractivity contribution is -0.00545. The molecule has 9 heteroatoms. The summed E-state index contributed by atoms with van der Waals surface area (Å²) in [5.41, 5.74) is 2.49. The van der Waals surface area contributed by atoms with Crippen LogP contribution in [-0.2, 0) is 21.2 Å². The van der Waals surface area contributed by atoms with E-state index in [2.05, 4.69) is 15.2 Å². The Morgan fingerprint density at radius 3 is 2.54 bits per heavy atom. The molecule has 3 heterocycles. The summed E-state index contributed by atoms with van der Waals surface area (Å²) in [6.45, 7) is 5.97.